The maximum atomic E-state index is 10.2. The highest BCUT2D eigenvalue weighted by molar-refractivity contribution is 5.47. The molecule has 17 heavy (non-hydrogen) atoms. The highest BCUT2D eigenvalue weighted by Gasteiger charge is 2.29. The summed E-state index contributed by atoms with van der Waals surface area (Å²) in [5.41, 5.74) is 1.02. The van der Waals surface area contributed by atoms with Crippen LogP contribution in [0.3, 0.4) is 0 Å². The van der Waals surface area contributed by atoms with Crippen molar-refractivity contribution in [3.8, 4) is 11.5 Å². The van der Waals surface area contributed by atoms with Gasteiger partial charge in [0.05, 0.1) is 20.3 Å². The quantitative estimate of drug-likeness (QED) is 0.877. The number of benzene rings is 1. The minimum absolute atomic E-state index is 0.134. The van der Waals surface area contributed by atoms with Crippen LogP contribution in [0.25, 0.3) is 0 Å². The summed E-state index contributed by atoms with van der Waals surface area (Å²) in [5, 5.41) is 10.2. The average molecular weight is 236 g/mol. The molecule has 0 saturated heterocycles. The van der Waals surface area contributed by atoms with E-state index < -0.39 is 0 Å². The summed E-state index contributed by atoms with van der Waals surface area (Å²) in [4.78, 5) is 0. The van der Waals surface area contributed by atoms with Crippen LogP contribution in [0.5, 0.6) is 11.5 Å². The van der Waals surface area contributed by atoms with Gasteiger partial charge in [0.1, 0.15) is 11.5 Å². The van der Waals surface area contributed by atoms with E-state index in [1.54, 1.807) is 14.2 Å². The van der Waals surface area contributed by atoms with E-state index in [1.807, 2.05) is 18.2 Å². The zero-order valence-corrected chi connectivity index (χ0v) is 10.5. The Labute approximate surface area is 102 Å². The number of methoxy groups -OCH3 is 2. The molecule has 0 aliphatic heterocycles. The molecule has 1 aromatic carbocycles. The SMILES string of the molecule is COc1cccc(OC)c1C1CCCCC1O. The summed E-state index contributed by atoms with van der Waals surface area (Å²) in [6.07, 6.45) is 3.84. The molecule has 0 heterocycles. The van der Waals surface area contributed by atoms with Gasteiger partial charge in [0.15, 0.2) is 0 Å². The van der Waals surface area contributed by atoms with Crippen LogP contribution in [-0.2, 0) is 0 Å². The van der Waals surface area contributed by atoms with E-state index in [4.69, 9.17) is 9.47 Å². The smallest absolute Gasteiger partial charge is 0.126 e. The molecule has 3 nitrogen and oxygen atoms in total. The van der Waals surface area contributed by atoms with Gasteiger partial charge in [-0.25, -0.2) is 0 Å². The molecule has 0 amide bonds. The number of rotatable bonds is 3. The molecular weight excluding hydrogens is 216 g/mol. The van der Waals surface area contributed by atoms with Gasteiger partial charge in [-0.1, -0.05) is 18.9 Å². The lowest BCUT2D eigenvalue weighted by atomic mass is 9.81. The third-order valence-electron chi connectivity index (χ3n) is 3.57. The minimum Gasteiger partial charge on any atom is -0.496 e. The van der Waals surface area contributed by atoms with Crippen molar-refractivity contribution in [1.29, 1.82) is 0 Å². The van der Waals surface area contributed by atoms with Crippen molar-refractivity contribution in [3.05, 3.63) is 23.8 Å². The lowest BCUT2D eigenvalue weighted by Crippen LogP contribution is -2.23. The van der Waals surface area contributed by atoms with Gasteiger partial charge >= 0.3 is 0 Å². The predicted molar refractivity (Wildman–Crippen MR) is 66.8 cm³/mol. The molecule has 1 aromatic rings. The van der Waals surface area contributed by atoms with Crippen molar-refractivity contribution in [3.63, 3.8) is 0 Å². The zero-order valence-electron chi connectivity index (χ0n) is 10.5. The summed E-state index contributed by atoms with van der Waals surface area (Å²) in [5.74, 6) is 1.76. The molecule has 2 atom stereocenters. The third kappa shape index (κ3) is 2.39. The Morgan fingerprint density at radius 1 is 1.06 bits per heavy atom. The Balaban J connectivity index is 2.40. The van der Waals surface area contributed by atoms with Gasteiger partial charge in [0.2, 0.25) is 0 Å². The van der Waals surface area contributed by atoms with Crippen molar-refractivity contribution in [2.45, 2.75) is 37.7 Å². The topological polar surface area (TPSA) is 38.7 Å². The number of hydrogen-bond acceptors (Lipinski definition) is 3. The van der Waals surface area contributed by atoms with Crippen LogP contribution < -0.4 is 9.47 Å². The summed E-state index contributed by atoms with van der Waals surface area (Å²) in [6.45, 7) is 0. The first-order valence-corrected chi connectivity index (χ1v) is 6.17. The van der Waals surface area contributed by atoms with Gasteiger partial charge in [-0.3, -0.25) is 0 Å². The highest BCUT2D eigenvalue weighted by Crippen LogP contribution is 2.42. The van der Waals surface area contributed by atoms with Crippen LogP contribution >= 0.6 is 0 Å². The number of aliphatic hydroxyl groups excluding tert-OH is 1. The summed E-state index contributed by atoms with van der Waals surface area (Å²) < 4.78 is 10.8. The fourth-order valence-corrected chi connectivity index (χ4v) is 2.69. The van der Waals surface area contributed by atoms with Gasteiger partial charge in [-0.15, -0.1) is 0 Å². The van der Waals surface area contributed by atoms with Gasteiger partial charge in [-0.2, -0.15) is 0 Å². The van der Waals surface area contributed by atoms with Crippen LogP contribution in [0.4, 0.5) is 0 Å². The van der Waals surface area contributed by atoms with Gasteiger partial charge in [-0.05, 0) is 25.0 Å². The first-order chi connectivity index (χ1) is 8.27. The maximum absolute atomic E-state index is 10.2. The van der Waals surface area contributed by atoms with Crippen molar-refractivity contribution in [1.82, 2.24) is 0 Å². The Morgan fingerprint density at radius 3 is 2.18 bits per heavy atom. The van der Waals surface area contributed by atoms with E-state index in [0.29, 0.717) is 0 Å². The molecule has 1 aliphatic rings. The lowest BCUT2D eigenvalue weighted by Gasteiger charge is -2.30. The second kappa shape index (κ2) is 5.41. The molecule has 3 heteroatoms. The molecule has 1 saturated carbocycles. The molecule has 2 rings (SSSR count). The van der Waals surface area contributed by atoms with Crippen LogP contribution in [0.15, 0.2) is 18.2 Å². The molecule has 2 unspecified atom stereocenters. The Kier molecular flexibility index (Phi) is 3.89. The molecule has 0 aromatic heterocycles. The first kappa shape index (κ1) is 12.2. The number of hydrogen-bond donors (Lipinski definition) is 1. The molecule has 1 N–H and O–H groups in total. The van der Waals surface area contributed by atoms with E-state index in [1.165, 1.54) is 0 Å². The van der Waals surface area contributed by atoms with E-state index in [2.05, 4.69) is 0 Å². The van der Waals surface area contributed by atoms with Gasteiger partial charge in [0, 0.05) is 11.5 Å². The minimum atomic E-state index is -0.283. The standard InChI is InChI=1S/C14H20O3/c1-16-12-8-5-9-13(17-2)14(12)10-6-3-4-7-11(10)15/h5,8-11,15H,3-4,6-7H2,1-2H3. The fourth-order valence-electron chi connectivity index (χ4n) is 2.69. The highest BCUT2D eigenvalue weighted by atomic mass is 16.5. The lowest BCUT2D eigenvalue weighted by molar-refractivity contribution is 0.103. The molecule has 94 valence electrons. The van der Waals surface area contributed by atoms with Crippen LogP contribution in [0, 0.1) is 0 Å². The molecule has 0 spiro atoms. The van der Waals surface area contributed by atoms with Crippen LogP contribution in [0.2, 0.25) is 0 Å². The largest absolute Gasteiger partial charge is 0.496 e. The molecular formula is C14H20O3. The molecule has 0 bridgehead atoms. The van der Waals surface area contributed by atoms with E-state index in [0.717, 1.165) is 42.7 Å². The van der Waals surface area contributed by atoms with Crippen molar-refractivity contribution >= 4 is 0 Å². The Hall–Kier alpha value is -1.22. The molecule has 0 radical (unpaired) electrons. The Morgan fingerprint density at radius 2 is 1.65 bits per heavy atom. The van der Waals surface area contributed by atoms with E-state index in [-0.39, 0.29) is 12.0 Å². The number of aliphatic hydroxyl groups is 1. The average Bonchev–Trinajstić information content (AvgIpc) is 2.38. The first-order valence-electron chi connectivity index (χ1n) is 6.17. The van der Waals surface area contributed by atoms with Gasteiger partial charge in [0.25, 0.3) is 0 Å². The Bertz CT molecular complexity index is 353. The number of ether oxygens (including phenoxy) is 2. The zero-order chi connectivity index (χ0) is 12.3. The van der Waals surface area contributed by atoms with Crippen molar-refractivity contribution in [2.75, 3.05) is 14.2 Å². The van der Waals surface area contributed by atoms with Crippen molar-refractivity contribution in [2.24, 2.45) is 0 Å². The van der Waals surface area contributed by atoms with Crippen LogP contribution in [-0.4, -0.2) is 25.4 Å². The molecule has 1 aliphatic carbocycles. The van der Waals surface area contributed by atoms with Gasteiger partial charge < -0.3 is 14.6 Å². The predicted octanol–water partition coefficient (Wildman–Crippen LogP) is 2.72. The fraction of sp³-hybridized carbons (Fsp3) is 0.571. The van der Waals surface area contributed by atoms with E-state index in [9.17, 15) is 5.11 Å². The van der Waals surface area contributed by atoms with Crippen molar-refractivity contribution < 1.29 is 14.6 Å². The van der Waals surface area contributed by atoms with E-state index >= 15 is 0 Å². The molecule has 1 fully saturated rings. The van der Waals surface area contributed by atoms with Crippen LogP contribution in [0.1, 0.15) is 37.2 Å². The summed E-state index contributed by atoms with van der Waals surface area (Å²) >= 11 is 0. The summed E-state index contributed by atoms with van der Waals surface area (Å²) in [7, 11) is 3.32. The third-order valence-corrected chi connectivity index (χ3v) is 3.57. The normalized spacial score (nSPS) is 24.4. The second-order valence-electron chi connectivity index (χ2n) is 4.53. The second-order valence-corrected chi connectivity index (χ2v) is 4.53. The summed E-state index contributed by atoms with van der Waals surface area (Å²) in [6, 6.07) is 5.77. The monoisotopic (exact) mass is 236 g/mol. The maximum Gasteiger partial charge on any atom is 0.126 e.